The minimum absolute atomic E-state index is 0.0117. The Kier molecular flexibility index (Phi) is 6.32. The minimum atomic E-state index is -0.654. The van der Waals surface area contributed by atoms with Crippen LogP contribution in [0.3, 0.4) is 0 Å². The summed E-state index contributed by atoms with van der Waals surface area (Å²) >= 11 is 0. The van der Waals surface area contributed by atoms with Crippen molar-refractivity contribution in [3.8, 4) is 11.5 Å². The molecule has 6 nitrogen and oxygen atoms in total. The standard InChI is InChI=1S/C22H23NO5/c1-3-7-15-12-17-19(23-14-18(21(17)24)22(25)26-2)13-20(15)28-11-10-27-16-8-5-4-6-9-16/h4-6,8-9,12-14H,3,7,10-11H2,1-2H3,(H,23,24). The van der Waals surface area contributed by atoms with Crippen molar-refractivity contribution in [1.82, 2.24) is 4.98 Å². The van der Waals surface area contributed by atoms with E-state index in [1.165, 1.54) is 13.3 Å². The summed E-state index contributed by atoms with van der Waals surface area (Å²) in [6.07, 6.45) is 3.03. The fourth-order valence-corrected chi connectivity index (χ4v) is 2.98. The molecule has 1 N–H and O–H groups in total. The molecule has 0 aliphatic heterocycles. The highest BCUT2D eigenvalue weighted by Gasteiger charge is 2.15. The molecule has 0 saturated heterocycles. The van der Waals surface area contributed by atoms with Crippen LogP contribution in [0.15, 0.2) is 53.5 Å². The summed E-state index contributed by atoms with van der Waals surface area (Å²) in [5, 5.41) is 0.444. The van der Waals surface area contributed by atoms with Crippen LogP contribution in [-0.2, 0) is 11.2 Å². The minimum Gasteiger partial charge on any atom is -0.490 e. The van der Waals surface area contributed by atoms with E-state index in [4.69, 9.17) is 9.47 Å². The number of H-pyrrole nitrogens is 1. The summed E-state index contributed by atoms with van der Waals surface area (Å²) in [6, 6.07) is 13.1. The van der Waals surface area contributed by atoms with Gasteiger partial charge in [0.15, 0.2) is 0 Å². The Morgan fingerprint density at radius 3 is 2.54 bits per heavy atom. The van der Waals surface area contributed by atoms with Crippen molar-refractivity contribution in [2.45, 2.75) is 19.8 Å². The van der Waals surface area contributed by atoms with Crippen LogP contribution in [0, 0.1) is 0 Å². The number of aromatic amines is 1. The Hall–Kier alpha value is -3.28. The largest absolute Gasteiger partial charge is 0.490 e. The van der Waals surface area contributed by atoms with Crippen molar-refractivity contribution < 1.29 is 19.0 Å². The van der Waals surface area contributed by atoms with Crippen LogP contribution in [0.25, 0.3) is 10.9 Å². The average molecular weight is 381 g/mol. The molecular formula is C22H23NO5. The zero-order valence-electron chi connectivity index (χ0n) is 16.0. The van der Waals surface area contributed by atoms with Gasteiger partial charge in [-0.1, -0.05) is 31.5 Å². The molecule has 0 atom stereocenters. The molecule has 0 fully saturated rings. The number of hydrogen-bond donors (Lipinski definition) is 1. The van der Waals surface area contributed by atoms with Crippen molar-refractivity contribution >= 4 is 16.9 Å². The Balaban J connectivity index is 1.82. The van der Waals surface area contributed by atoms with E-state index in [0.29, 0.717) is 29.9 Å². The van der Waals surface area contributed by atoms with Gasteiger partial charge in [-0.15, -0.1) is 0 Å². The van der Waals surface area contributed by atoms with Crippen molar-refractivity contribution in [2.24, 2.45) is 0 Å². The van der Waals surface area contributed by atoms with Gasteiger partial charge in [-0.3, -0.25) is 4.79 Å². The predicted molar refractivity (Wildman–Crippen MR) is 107 cm³/mol. The van der Waals surface area contributed by atoms with Crippen LogP contribution in [-0.4, -0.2) is 31.3 Å². The van der Waals surface area contributed by atoms with Gasteiger partial charge in [0, 0.05) is 17.6 Å². The van der Waals surface area contributed by atoms with Gasteiger partial charge in [0.1, 0.15) is 30.3 Å². The molecular weight excluding hydrogens is 358 g/mol. The highest BCUT2D eigenvalue weighted by molar-refractivity contribution is 5.93. The van der Waals surface area contributed by atoms with E-state index in [0.717, 1.165) is 24.2 Å². The summed E-state index contributed by atoms with van der Waals surface area (Å²) in [5.41, 5.74) is 1.16. The number of fused-ring (bicyclic) bond motifs is 1. The number of pyridine rings is 1. The number of benzene rings is 2. The van der Waals surface area contributed by atoms with E-state index in [-0.39, 0.29) is 11.0 Å². The average Bonchev–Trinajstić information content (AvgIpc) is 2.72. The van der Waals surface area contributed by atoms with Crippen molar-refractivity contribution in [3.63, 3.8) is 0 Å². The second-order valence-corrected chi connectivity index (χ2v) is 6.29. The maximum absolute atomic E-state index is 12.6. The van der Waals surface area contributed by atoms with Crippen LogP contribution in [0.5, 0.6) is 11.5 Å². The molecule has 0 bridgehead atoms. The van der Waals surface area contributed by atoms with Crippen LogP contribution in [0.1, 0.15) is 29.3 Å². The van der Waals surface area contributed by atoms with Gasteiger partial charge in [-0.05, 0) is 30.2 Å². The van der Waals surface area contributed by atoms with Gasteiger partial charge in [-0.2, -0.15) is 0 Å². The third-order valence-corrected chi connectivity index (χ3v) is 4.34. The van der Waals surface area contributed by atoms with Crippen molar-refractivity contribution in [3.05, 3.63) is 70.0 Å². The fourth-order valence-electron chi connectivity index (χ4n) is 2.98. The summed E-state index contributed by atoms with van der Waals surface area (Å²) in [7, 11) is 1.25. The van der Waals surface area contributed by atoms with E-state index in [9.17, 15) is 9.59 Å². The quantitative estimate of drug-likeness (QED) is 0.475. The number of para-hydroxylation sites is 1. The zero-order chi connectivity index (χ0) is 19.9. The topological polar surface area (TPSA) is 77.6 Å². The maximum atomic E-state index is 12.6. The number of hydrogen-bond acceptors (Lipinski definition) is 5. The summed E-state index contributed by atoms with van der Waals surface area (Å²) in [6.45, 7) is 2.84. The highest BCUT2D eigenvalue weighted by Crippen LogP contribution is 2.25. The number of methoxy groups -OCH3 is 1. The van der Waals surface area contributed by atoms with Crippen LogP contribution in [0.4, 0.5) is 0 Å². The molecule has 0 aliphatic carbocycles. The van der Waals surface area contributed by atoms with E-state index < -0.39 is 5.97 Å². The van der Waals surface area contributed by atoms with E-state index in [1.807, 2.05) is 30.3 Å². The molecule has 0 unspecified atom stereocenters. The third kappa shape index (κ3) is 4.34. The molecule has 1 heterocycles. The fraction of sp³-hybridized carbons (Fsp3) is 0.273. The molecule has 0 spiro atoms. The molecule has 2 aromatic carbocycles. The number of carbonyl (C=O) groups excluding carboxylic acids is 1. The van der Waals surface area contributed by atoms with Gasteiger partial charge in [0.2, 0.25) is 5.43 Å². The number of nitrogens with one attached hydrogen (secondary N) is 1. The first-order chi connectivity index (χ1) is 13.6. The summed E-state index contributed by atoms with van der Waals surface area (Å²) < 4.78 is 16.2. The van der Waals surface area contributed by atoms with Crippen molar-refractivity contribution in [1.29, 1.82) is 0 Å². The molecule has 3 rings (SSSR count). The SMILES string of the molecule is CCCc1cc2c(=O)c(C(=O)OC)c[nH]c2cc1OCCOc1ccccc1. The monoisotopic (exact) mass is 381 g/mol. The lowest BCUT2D eigenvalue weighted by molar-refractivity contribution is 0.0599. The lowest BCUT2D eigenvalue weighted by Gasteiger charge is -2.13. The Bertz CT molecular complexity index is 1010. The molecule has 6 heteroatoms. The van der Waals surface area contributed by atoms with E-state index in [2.05, 4.69) is 16.6 Å². The number of aromatic nitrogens is 1. The highest BCUT2D eigenvalue weighted by atomic mass is 16.5. The predicted octanol–water partition coefficient (Wildman–Crippen LogP) is 3.73. The second kappa shape index (κ2) is 9.08. The molecule has 1 aromatic heterocycles. The van der Waals surface area contributed by atoms with Gasteiger partial charge in [0.05, 0.1) is 12.6 Å². The zero-order valence-corrected chi connectivity index (χ0v) is 16.0. The first kappa shape index (κ1) is 19.5. The van der Waals surface area contributed by atoms with Crippen molar-refractivity contribution in [2.75, 3.05) is 20.3 Å². The lowest BCUT2D eigenvalue weighted by atomic mass is 10.0. The van der Waals surface area contributed by atoms with E-state index in [1.54, 1.807) is 12.1 Å². The molecule has 28 heavy (non-hydrogen) atoms. The smallest absolute Gasteiger partial charge is 0.343 e. The number of ether oxygens (including phenoxy) is 3. The Labute approximate surface area is 163 Å². The molecule has 146 valence electrons. The third-order valence-electron chi connectivity index (χ3n) is 4.34. The molecule has 0 aliphatic rings. The number of esters is 1. The van der Waals surface area contributed by atoms with Gasteiger partial charge in [0.25, 0.3) is 0 Å². The summed E-state index contributed by atoms with van der Waals surface area (Å²) in [5.74, 6) is 0.837. The van der Waals surface area contributed by atoms with Gasteiger partial charge < -0.3 is 19.2 Å². The van der Waals surface area contributed by atoms with Crippen LogP contribution < -0.4 is 14.9 Å². The number of carbonyl (C=O) groups is 1. The second-order valence-electron chi connectivity index (χ2n) is 6.29. The lowest BCUT2D eigenvalue weighted by Crippen LogP contribution is -2.17. The molecule has 0 amide bonds. The first-order valence-electron chi connectivity index (χ1n) is 9.21. The molecule has 0 radical (unpaired) electrons. The molecule has 3 aromatic rings. The van der Waals surface area contributed by atoms with Gasteiger partial charge in [-0.25, -0.2) is 4.79 Å². The van der Waals surface area contributed by atoms with Crippen LogP contribution >= 0.6 is 0 Å². The first-order valence-corrected chi connectivity index (χ1v) is 9.21. The van der Waals surface area contributed by atoms with E-state index >= 15 is 0 Å². The maximum Gasteiger partial charge on any atom is 0.343 e. The normalized spacial score (nSPS) is 10.6. The summed E-state index contributed by atoms with van der Waals surface area (Å²) in [4.78, 5) is 27.4. The van der Waals surface area contributed by atoms with Gasteiger partial charge >= 0.3 is 5.97 Å². The van der Waals surface area contributed by atoms with Crippen LogP contribution in [0.2, 0.25) is 0 Å². The number of aryl methyl sites for hydroxylation is 1. The number of rotatable bonds is 8. The molecule has 0 saturated carbocycles. The Morgan fingerprint density at radius 1 is 1.07 bits per heavy atom. The Morgan fingerprint density at radius 2 is 1.82 bits per heavy atom.